The van der Waals surface area contributed by atoms with E-state index in [9.17, 15) is 9.59 Å². The van der Waals surface area contributed by atoms with E-state index < -0.39 is 0 Å². The predicted octanol–water partition coefficient (Wildman–Crippen LogP) is 2.64. The van der Waals surface area contributed by atoms with Gasteiger partial charge < -0.3 is 10.2 Å². The van der Waals surface area contributed by atoms with Gasteiger partial charge in [-0.05, 0) is 30.3 Å². The molecular formula is C16H16N2O2. The highest BCUT2D eigenvalue weighted by atomic mass is 16.2. The van der Waals surface area contributed by atoms with Gasteiger partial charge in [-0.2, -0.15) is 0 Å². The van der Waals surface area contributed by atoms with Crippen LogP contribution in [0.5, 0.6) is 0 Å². The van der Waals surface area contributed by atoms with Crippen LogP contribution in [0.1, 0.15) is 20.7 Å². The third kappa shape index (κ3) is 3.23. The van der Waals surface area contributed by atoms with Crippen molar-refractivity contribution in [2.24, 2.45) is 0 Å². The Morgan fingerprint density at radius 3 is 2.20 bits per heavy atom. The van der Waals surface area contributed by atoms with Gasteiger partial charge in [0.2, 0.25) is 0 Å². The highest BCUT2D eigenvalue weighted by Gasteiger charge is 2.10. The van der Waals surface area contributed by atoms with Gasteiger partial charge in [-0.3, -0.25) is 9.59 Å². The van der Waals surface area contributed by atoms with E-state index in [4.69, 9.17) is 0 Å². The van der Waals surface area contributed by atoms with Crippen LogP contribution in [-0.2, 0) is 0 Å². The molecule has 0 aromatic heterocycles. The Bertz CT molecular complexity index is 621. The van der Waals surface area contributed by atoms with Crippen molar-refractivity contribution in [3.05, 3.63) is 65.7 Å². The van der Waals surface area contributed by atoms with Crippen molar-refractivity contribution in [2.45, 2.75) is 0 Å². The summed E-state index contributed by atoms with van der Waals surface area (Å²) in [5, 5.41) is 2.78. The Hall–Kier alpha value is -2.62. The molecule has 0 aliphatic heterocycles. The number of hydrogen-bond acceptors (Lipinski definition) is 2. The molecule has 4 heteroatoms. The van der Waals surface area contributed by atoms with E-state index in [0.717, 1.165) is 0 Å². The first-order valence-corrected chi connectivity index (χ1v) is 6.26. The summed E-state index contributed by atoms with van der Waals surface area (Å²) in [6.45, 7) is 0. The van der Waals surface area contributed by atoms with Crippen LogP contribution >= 0.6 is 0 Å². The van der Waals surface area contributed by atoms with E-state index >= 15 is 0 Å². The van der Waals surface area contributed by atoms with Gasteiger partial charge in [0.1, 0.15) is 0 Å². The molecule has 0 saturated carbocycles. The van der Waals surface area contributed by atoms with Crippen molar-refractivity contribution in [3.8, 4) is 0 Å². The molecule has 2 amide bonds. The lowest BCUT2D eigenvalue weighted by Gasteiger charge is -2.11. The molecule has 0 atom stereocenters. The second-order valence-corrected chi connectivity index (χ2v) is 4.60. The minimum atomic E-state index is -0.194. The zero-order chi connectivity index (χ0) is 14.5. The van der Waals surface area contributed by atoms with Crippen LogP contribution < -0.4 is 5.32 Å². The zero-order valence-electron chi connectivity index (χ0n) is 11.5. The Morgan fingerprint density at radius 1 is 0.900 bits per heavy atom. The monoisotopic (exact) mass is 268 g/mol. The Labute approximate surface area is 118 Å². The van der Waals surface area contributed by atoms with E-state index in [1.165, 1.54) is 4.90 Å². The molecule has 0 aliphatic carbocycles. The van der Waals surface area contributed by atoms with Crippen LogP contribution in [0.15, 0.2) is 54.6 Å². The highest BCUT2D eigenvalue weighted by molar-refractivity contribution is 6.05. The number of nitrogens with one attached hydrogen (secondary N) is 1. The predicted molar refractivity (Wildman–Crippen MR) is 78.9 cm³/mol. The van der Waals surface area contributed by atoms with Crippen molar-refractivity contribution in [2.75, 3.05) is 19.4 Å². The van der Waals surface area contributed by atoms with Crippen LogP contribution in [-0.4, -0.2) is 30.8 Å². The maximum absolute atomic E-state index is 12.0. The highest BCUT2D eigenvalue weighted by Crippen LogP contribution is 2.13. The third-order valence-corrected chi connectivity index (χ3v) is 2.81. The van der Waals surface area contributed by atoms with Gasteiger partial charge in [-0.15, -0.1) is 0 Å². The molecule has 4 nitrogen and oxygen atoms in total. The summed E-state index contributed by atoms with van der Waals surface area (Å²) in [4.78, 5) is 25.4. The second kappa shape index (κ2) is 6.02. The first-order chi connectivity index (χ1) is 9.58. The SMILES string of the molecule is CN(C)C(=O)c1cccc(NC(=O)c2ccccc2)c1. The molecule has 0 aliphatic rings. The molecular weight excluding hydrogens is 252 g/mol. The van der Waals surface area contributed by atoms with Crippen LogP contribution in [0, 0.1) is 0 Å². The normalized spacial score (nSPS) is 9.90. The van der Waals surface area contributed by atoms with Gasteiger partial charge in [0.25, 0.3) is 11.8 Å². The molecule has 102 valence electrons. The van der Waals surface area contributed by atoms with Crippen molar-refractivity contribution in [3.63, 3.8) is 0 Å². The quantitative estimate of drug-likeness (QED) is 0.930. The number of carbonyl (C=O) groups excluding carboxylic acids is 2. The number of amides is 2. The van der Waals surface area contributed by atoms with Crippen molar-refractivity contribution < 1.29 is 9.59 Å². The molecule has 2 aromatic carbocycles. The largest absolute Gasteiger partial charge is 0.345 e. The molecule has 0 fully saturated rings. The van der Waals surface area contributed by atoms with E-state index in [0.29, 0.717) is 16.8 Å². The fraction of sp³-hybridized carbons (Fsp3) is 0.125. The summed E-state index contributed by atoms with van der Waals surface area (Å²) in [5.74, 6) is -0.291. The summed E-state index contributed by atoms with van der Waals surface area (Å²) < 4.78 is 0. The molecule has 0 radical (unpaired) electrons. The minimum Gasteiger partial charge on any atom is -0.345 e. The van der Waals surface area contributed by atoms with E-state index in [2.05, 4.69) is 5.32 Å². The summed E-state index contributed by atoms with van der Waals surface area (Å²) in [7, 11) is 3.38. The number of carbonyl (C=O) groups is 2. The fourth-order valence-corrected chi connectivity index (χ4v) is 1.78. The standard InChI is InChI=1S/C16H16N2O2/c1-18(2)16(20)13-9-6-10-14(11-13)17-15(19)12-7-4-3-5-8-12/h3-11H,1-2H3,(H,17,19). The van der Waals surface area contributed by atoms with Gasteiger partial charge in [-0.1, -0.05) is 24.3 Å². The summed E-state index contributed by atoms with van der Waals surface area (Å²) >= 11 is 0. The lowest BCUT2D eigenvalue weighted by molar-refractivity contribution is 0.0827. The summed E-state index contributed by atoms with van der Waals surface area (Å²) in [6, 6.07) is 15.8. The van der Waals surface area contributed by atoms with Crippen LogP contribution in [0.2, 0.25) is 0 Å². The van der Waals surface area contributed by atoms with Crippen LogP contribution in [0.25, 0.3) is 0 Å². The Morgan fingerprint density at radius 2 is 1.55 bits per heavy atom. The van der Waals surface area contributed by atoms with E-state index in [-0.39, 0.29) is 11.8 Å². The minimum absolute atomic E-state index is 0.0965. The summed E-state index contributed by atoms with van der Waals surface area (Å²) in [6.07, 6.45) is 0. The maximum atomic E-state index is 12.0. The van der Waals surface area contributed by atoms with Crippen molar-refractivity contribution >= 4 is 17.5 Å². The number of nitrogens with zero attached hydrogens (tertiary/aromatic N) is 1. The molecule has 20 heavy (non-hydrogen) atoms. The van der Waals surface area contributed by atoms with Crippen molar-refractivity contribution in [1.29, 1.82) is 0 Å². The molecule has 2 rings (SSSR count). The Balaban J connectivity index is 2.16. The molecule has 0 saturated heterocycles. The van der Waals surface area contributed by atoms with Crippen LogP contribution in [0.4, 0.5) is 5.69 Å². The van der Waals surface area contributed by atoms with E-state index in [1.807, 2.05) is 6.07 Å². The van der Waals surface area contributed by atoms with Crippen LogP contribution in [0.3, 0.4) is 0 Å². The zero-order valence-corrected chi connectivity index (χ0v) is 11.5. The Kier molecular flexibility index (Phi) is 4.15. The van der Waals surface area contributed by atoms with Gasteiger partial charge >= 0.3 is 0 Å². The number of anilines is 1. The summed E-state index contributed by atoms with van der Waals surface area (Å²) in [5.41, 5.74) is 1.73. The fourth-order valence-electron chi connectivity index (χ4n) is 1.78. The van der Waals surface area contributed by atoms with Gasteiger partial charge in [0.15, 0.2) is 0 Å². The number of benzene rings is 2. The molecule has 1 N–H and O–H groups in total. The molecule has 0 spiro atoms. The number of rotatable bonds is 3. The molecule has 0 heterocycles. The van der Waals surface area contributed by atoms with E-state index in [1.54, 1.807) is 62.6 Å². The lowest BCUT2D eigenvalue weighted by atomic mass is 10.1. The van der Waals surface area contributed by atoms with Gasteiger partial charge in [0.05, 0.1) is 0 Å². The lowest BCUT2D eigenvalue weighted by Crippen LogP contribution is -2.21. The second-order valence-electron chi connectivity index (χ2n) is 4.60. The molecule has 2 aromatic rings. The van der Waals surface area contributed by atoms with Gasteiger partial charge in [-0.25, -0.2) is 0 Å². The topological polar surface area (TPSA) is 49.4 Å². The van der Waals surface area contributed by atoms with Gasteiger partial charge in [0, 0.05) is 30.9 Å². The average Bonchev–Trinajstić information content (AvgIpc) is 2.47. The third-order valence-electron chi connectivity index (χ3n) is 2.81. The first kappa shape index (κ1) is 13.8. The first-order valence-electron chi connectivity index (χ1n) is 6.26. The molecule has 0 bridgehead atoms. The average molecular weight is 268 g/mol. The van der Waals surface area contributed by atoms with Crippen molar-refractivity contribution in [1.82, 2.24) is 4.90 Å². The smallest absolute Gasteiger partial charge is 0.255 e. The number of hydrogen-bond donors (Lipinski definition) is 1. The molecule has 0 unspecified atom stereocenters. The maximum Gasteiger partial charge on any atom is 0.255 e.